The summed E-state index contributed by atoms with van der Waals surface area (Å²) in [5.74, 6) is -1.12. The third-order valence-corrected chi connectivity index (χ3v) is 2.79. The van der Waals surface area contributed by atoms with Crippen LogP contribution in [-0.4, -0.2) is 36.9 Å². The molecule has 0 fully saturated rings. The van der Waals surface area contributed by atoms with Gasteiger partial charge in [0.2, 0.25) is 0 Å². The summed E-state index contributed by atoms with van der Waals surface area (Å²) in [7, 11) is 1.44. The molecule has 1 aromatic rings. The molecule has 1 atom stereocenters. The fourth-order valence-corrected chi connectivity index (χ4v) is 1.78. The van der Waals surface area contributed by atoms with E-state index in [2.05, 4.69) is 0 Å². The molecule has 0 aliphatic carbocycles. The molecule has 0 aliphatic heterocycles. The number of aromatic carboxylic acids is 1. The molecular formula is C15H20O6. The zero-order chi connectivity index (χ0) is 15.8. The molecule has 6 nitrogen and oxygen atoms in total. The third kappa shape index (κ3) is 4.66. The largest absolute Gasteiger partial charge is 0.497 e. The van der Waals surface area contributed by atoms with Gasteiger partial charge in [-0.25, -0.2) is 9.59 Å². The first-order valence-corrected chi connectivity index (χ1v) is 6.78. The van der Waals surface area contributed by atoms with E-state index in [1.165, 1.54) is 19.2 Å². The third-order valence-electron chi connectivity index (χ3n) is 2.79. The van der Waals surface area contributed by atoms with Crippen LogP contribution >= 0.6 is 0 Å². The van der Waals surface area contributed by atoms with E-state index in [9.17, 15) is 14.7 Å². The van der Waals surface area contributed by atoms with Crippen LogP contribution in [0.15, 0.2) is 18.2 Å². The highest BCUT2D eigenvalue weighted by molar-refractivity contribution is 5.91. The predicted molar refractivity (Wildman–Crippen MR) is 75.9 cm³/mol. The van der Waals surface area contributed by atoms with Crippen LogP contribution in [0, 0.1) is 0 Å². The van der Waals surface area contributed by atoms with Gasteiger partial charge in [0.1, 0.15) is 17.1 Å². The van der Waals surface area contributed by atoms with Gasteiger partial charge in [0.15, 0.2) is 6.10 Å². The Kier molecular flexibility index (Phi) is 6.52. The zero-order valence-corrected chi connectivity index (χ0v) is 12.4. The number of hydrogen-bond donors (Lipinski definition) is 1. The van der Waals surface area contributed by atoms with Gasteiger partial charge in [-0.05, 0) is 31.5 Å². The zero-order valence-electron chi connectivity index (χ0n) is 12.4. The number of carboxylic acid groups (broad SMARTS) is 1. The van der Waals surface area contributed by atoms with E-state index in [0.717, 1.165) is 0 Å². The number of carbonyl (C=O) groups is 2. The number of methoxy groups -OCH3 is 1. The summed E-state index contributed by atoms with van der Waals surface area (Å²) < 4.78 is 15.5. The molecule has 0 spiro atoms. The lowest BCUT2D eigenvalue weighted by Gasteiger charge is -2.18. The Morgan fingerprint density at radius 1 is 1.29 bits per heavy atom. The van der Waals surface area contributed by atoms with Gasteiger partial charge in [-0.1, -0.05) is 13.3 Å². The monoisotopic (exact) mass is 296 g/mol. The molecule has 0 saturated heterocycles. The molecule has 21 heavy (non-hydrogen) atoms. The maximum atomic E-state index is 11.8. The summed E-state index contributed by atoms with van der Waals surface area (Å²) in [6.45, 7) is 3.86. The first-order chi connectivity index (χ1) is 10.0. The van der Waals surface area contributed by atoms with Gasteiger partial charge in [0.25, 0.3) is 0 Å². The second-order valence-electron chi connectivity index (χ2n) is 4.31. The van der Waals surface area contributed by atoms with Crippen molar-refractivity contribution in [2.75, 3.05) is 13.7 Å². The summed E-state index contributed by atoms with van der Waals surface area (Å²) in [6.07, 6.45) is 0.341. The smallest absolute Gasteiger partial charge is 0.347 e. The van der Waals surface area contributed by atoms with Crippen LogP contribution in [0.3, 0.4) is 0 Å². The van der Waals surface area contributed by atoms with Gasteiger partial charge in [-0.3, -0.25) is 0 Å². The maximum Gasteiger partial charge on any atom is 0.347 e. The van der Waals surface area contributed by atoms with Gasteiger partial charge >= 0.3 is 11.9 Å². The standard InChI is InChI=1S/C15H20O6/c1-4-6-13(15(18)20-5-2)21-12-8-7-10(19-3)9-11(12)14(16)17/h7-9,13H,4-6H2,1-3H3,(H,16,17). The number of benzene rings is 1. The quantitative estimate of drug-likeness (QED) is 0.742. The highest BCUT2D eigenvalue weighted by atomic mass is 16.6. The minimum atomic E-state index is -1.15. The summed E-state index contributed by atoms with van der Waals surface area (Å²) in [5, 5.41) is 9.22. The predicted octanol–water partition coefficient (Wildman–Crippen LogP) is 2.50. The van der Waals surface area contributed by atoms with Gasteiger partial charge < -0.3 is 19.3 Å². The van der Waals surface area contributed by atoms with Crippen LogP contribution in [0.1, 0.15) is 37.0 Å². The highest BCUT2D eigenvalue weighted by Gasteiger charge is 2.23. The summed E-state index contributed by atoms with van der Waals surface area (Å²) in [4.78, 5) is 23.1. The molecule has 0 bridgehead atoms. The number of carboxylic acids is 1. The topological polar surface area (TPSA) is 82.1 Å². The summed E-state index contributed by atoms with van der Waals surface area (Å²) in [6, 6.07) is 4.41. The molecule has 0 amide bonds. The number of carbonyl (C=O) groups excluding carboxylic acids is 1. The van der Waals surface area contributed by atoms with Gasteiger partial charge in [0.05, 0.1) is 13.7 Å². The van der Waals surface area contributed by atoms with Gasteiger partial charge in [-0.2, -0.15) is 0 Å². The van der Waals surface area contributed by atoms with E-state index < -0.39 is 18.0 Å². The average Bonchev–Trinajstić information content (AvgIpc) is 2.47. The lowest BCUT2D eigenvalue weighted by atomic mass is 10.1. The van der Waals surface area contributed by atoms with Crippen molar-refractivity contribution in [1.82, 2.24) is 0 Å². The molecule has 0 aromatic heterocycles. The molecule has 1 rings (SSSR count). The average molecular weight is 296 g/mol. The molecular weight excluding hydrogens is 276 g/mol. The van der Waals surface area contributed by atoms with Crippen LogP contribution in [0.4, 0.5) is 0 Å². The van der Waals surface area contributed by atoms with Crippen molar-refractivity contribution in [2.24, 2.45) is 0 Å². The van der Waals surface area contributed by atoms with Crippen molar-refractivity contribution in [1.29, 1.82) is 0 Å². The molecule has 1 unspecified atom stereocenters. The number of hydrogen-bond acceptors (Lipinski definition) is 5. The van der Waals surface area contributed by atoms with Gasteiger partial charge in [0, 0.05) is 0 Å². The van der Waals surface area contributed by atoms with Gasteiger partial charge in [-0.15, -0.1) is 0 Å². The molecule has 1 aromatic carbocycles. The van der Waals surface area contributed by atoms with E-state index >= 15 is 0 Å². The lowest BCUT2D eigenvalue weighted by Crippen LogP contribution is -2.29. The number of rotatable bonds is 8. The molecule has 1 N–H and O–H groups in total. The van der Waals surface area contributed by atoms with Crippen LogP contribution in [0.2, 0.25) is 0 Å². The molecule has 116 valence electrons. The van der Waals surface area contributed by atoms with Crippen molar-refractivity contribution >= 4 is 11.9 Å². The van der Waals surface area contributed by atoms with Crippen LogP contribution in [-0.2, 0) is 9.53 Å². The minimum absolute atomic E-state index is 0.0558. The molecule has 0 aliphatic rings. The fraction of sp³-hybridized carbons (Fsp3) is 0.467. The van der Waals surface area contributed by atoms with Crippen molar-refractivity contribution in [3.8, 4) is 11.5 Å². The maximum absolute atomic E-state index is 11.8. The van der Waals surface area contributed by atoms with Crippen molar-refractivity contribution < 1.29 is 28.9 Å². The molecule has 0 heterocycles. The molecule has 0 radical (unpaired) electrons. The van der Waals surface area contributed by atoms with E-state index in [-0.39, 0.29) is 17.9 Å². The summed E-state index contributed by atoms with van der Waals surface area (Å²) >= 11 is 0. The van der Waals surface area contributed by atoms with Crippen LogP contribution in [0.25, 0.3) is 0 Å². The van der Waals surface area contributed by atoms with Crippen molar-refractivity contribution in [3.63, 3.8) is 0 Å². The fourth-order valence-electron chi connectivity index (χ4n) is 1.78. The van der Waals surface area contributed by atoms with E-state index in [0.29, 0.717) is 18.6 Å². The Bertz CT molecular complexity index is 497. The minimum Gasteiger partial charge on any atom is -0.497 e. The second-order valence-corrected chi connectivity index (χ2v) is 4.31. The molecule has 0 saturated carbocycles. The Morgan fingerprint density at radius 3 is 2.52 bits per heavy atom. The first-order valence-electron chi connectivity index (χ1n) is 6.78. The first kappa shape index (κ1) is 16.8. The van der Waals surface area contributed by atoms with Crippen LogP contribution in [0.5, 0.6) is 11.5 Å². The Labute approximate surface area is 123 Å². The SMILES string of the molecule is CCCC(Oc1ccc(OC)cc1C(=O)O)C(=O)OCC. The molecule has 6 heteroatoms. The Balaban J connectivity index is 3.02. The summed E-state index contributed by atoms with van der Waals surface area (Å²) in [5.41, 5.74) is -0.0558. The van der Waals surface area contributed by atoms with Crippen LogP contribution < -0.4 is 9.47 Å². The second kappa shape index (κ2) is 8.14. The van der Waals surface area contributed by atoms with E-state index in [1.807, 2.05) is 6.92 Å². The number of esters is 1. The normalized spacial score (nSPS) is 11.6. The Morgan fingerprint density at radius 2 is 2.00 bits per heavy atom. The highest BCUT2D eigenvalue weighted by Crippen LogP contribution is 2.26. The van der Waals surface area contributed by atoms with Crippen molar-refractivity contribution in [3.05, 3.63) is 23.8 Å². The van der Waals surface area contributed by atoms with E-state index in [4.69, 9.17) is 14.2 Å². The lowest BCUT2D eigenvalue weighted by molar-refractivity contribution is -0.151. The van der Waals surface area contributed by atoms with Crippen molar-refractivity contribution in [2.45, 2.75) is 32.8 Å². The number of ether oxygens (including phenoxy) is 3. The van der Waals surface area contributed by atoms with E-state index in [1.54, 1.807) is 13.0 Å². The Hall–Kier alpha value is -2.24.